The Morgan fingerprint density at radius 2 is 1.50 bits per heavy atom. The Kier molecular flexibility index (Phi) is 12.6. The van der Waals surface area contributed by atoms with Crippen LogP contribution in [0.4, 0.5) is 4.79 Å². The molecule has 0 aromatic carbocycles. The minimum Gasteiger partial charge on any atom is -0.463 e. The van der Waals surface area contributed by atoms with E-state index in [0.717, 1.165) is 18.6 Å². The highest BCUT2D eigenvalue weighted by atomic mass is 32.2. The Morgan fingerprint density at radius 3 is 2.09 bits per heavy atom. The zero-order valence-corrected chi connectivity index (χ0v) is 34.4. The van der Waals surface area contributed by atoms with Crippen molar-refractivity contribution in [3.63, 3.8) is 0 Å². The molecular weight excluding hydrogens is 726 g/mol. The van der Waals surface area contributed by atoms with Crippen LogP contribution >= 0.6 is 11.8 Å². The molecule has 0 aromatic heterocycles. The number of esters is 1. The van der Waals surface area contributed by atoms with E-state index in [0.29, 0.717) is 6.42 Å². The van der Waals surface area contributed by atoms with Gasteiger partial charge in [0.25, 0.3) is 0 Å². The molecule has 4 aliphatic heterocycles. The highest BCUT2D eigenvalue weighted by Crippen LogP contribution is 2.56. The molecule has 13 atom stereocenters. The highest BCUT2D eigenvalue weighted by Gasteiger charge is 2.74. The first-order valence-corrected chi connectivity index (χ1v) is 19.9. The molecule has 0 aliphatic carbocycles. The van der Waals surface area contributed by atoms with Crippen LogP contribution in [0.3, 0.4) is 0 Å². The molecule has 4 rings (SSSR count). The molecule has 4 heterocycles. The first-order chi connectivity index (χ1) is 24.7. The van der Waals surface area contributed by atoms with Gasteiger partial charge in [-0.3, -0.25) is 9.59 Å². The molecule has 17 heteroatoms. The molecule has 4 saturated heterocycles. The summed E-state index contributed by atoms with van der Waals surface area (Å²) in [6.45, 7) is 12.7. The first kappa shape index (κ1) is 44.9. The number of aliphatic hydroxyl groups excluding tert-OH is 3. The molecule has 4 fully saturated rings. The van der Waals surface area contributed by atoms with Gasteiger partial charge in [0.1, 0.15) is 45.8 Å². The maximum atomic E-state index is 13.1. The van der Waals surface area contributed by atoms with Gasteiger partial charge in [0.05, 0.1) is 43.5 Å². The van der Waals surface area contributed by atoms with E-state index in [9.17, 15) is 45.0 Å². The molecular formula is C37H65N3O13S. The Hall–Kier alpha value is -1.80. The average molecular weight is 792 g/mol. The zero-order chi connectivity index (χ0) is 41.0. The van der Waals surface area contributed by atoms with Crippen molar-refractivity contribution < 1.29 is 64.0 Å². The molecule has 5 unspecified atom stereocenters. The number of nitrogens with one attached hydrogen (secondary N) is 3. The summed E-state index contributed by atoms with van der Waals surface area (Å²) in [5.74, 6) is -0.0677. The van der Waals surface area contributed by atoms with Crippen molar-refractivity contribution in [2.24, 2.45) is 5.41 Å². The highest BCUT2D eigenvalue weighted by molar-refractivity contribution is 8.00. The fourth-order valence-corrected chi connectivity index (χ4v) is 10.7. The van der Waals surface area contributed by atoms with Gasteiger partial charge in [-0.1, -0.05) is 13.3 Å². The van der Waals surface area contributed by atoms with Crippen molar-refractivity contribution in [3.8, 4) is 0 Å². The number of fused-ring (bicyclic) bond motifs is 1. The number of unbranched alkanes of at least 4 members (excludes halogenated alkanes) is 1. The van der Waals surface area contributed by atoms with Gasteiger partial charge in [-0.05, 0) is 74.7 Å². The Balaban J connectivity index is 1.48. The van der Waals surface area contributed by atoms with Crippen LogP contribution in [0, 0.1) is 5.41 Å². The normalized spacial score (nSPS) is 47.4. The SMILES string of the molecule is CC(=O)NC1(C)[C@](C)(COC(=O)CCCCC2SC[C@@H]3NC(=O)N[C@H]23)OC(C)(CO)[C@@H](O)[C@@]1(C)CCOC[C@]1(C)OC(C)(CO)[C@](C)(O)[C@@](C)(O)C1(C)O. The van der Waals surface area contributed by atoms with E-state index in [1.54, 1.807) is 32.5 Å². The molecule has 54 heavy (non-hydrogen) atoms. The quantitative estimate of drug-likeness (QED) is 0.0614. The van der Waals surface area contributed by atoms with Gasteiger partial charge in [0.15, 0.2) is 0 Å². The fourth-order valence-electron chi connectivity index (χ4n) is 9.19. The summed E-state index contributed by atoms with van der Waals surface area (Å²) in [7, 11) is 0. The summed E-state index contributed by atoms with van der Waals surface area (Å²) in [5.41, 5.74) is -15.5. The largest absolute Gasteiger partial charge is 0.463 e. The number of carbonyl (C=O) groups is 3. The topological polar surface area (TPSA) is 246 Å². The molecule has 0 spiro atoms. The minimum atomic E-state index is -2.17. The summed E-state index contributed by atoms with van der Waals surface area (Å²) in [4.78, 5) is 37.6. The minimum absolute atomic E-state index is 0.0496. The molecule has 3 amide bonds. The Labute approximate surface area is 322 Å². The van der Waals surface area contributed by atoms with E-state index < -0.39 is 81.4 Å². The van der Waals surface area contributed by atoms with Crippen LogP contribution < -0.4 is 16.0 Å². The van der Waals surface area contributed by atoms with Crippen molar-refractivity contribution in [1.82, 2.24) is 16.0 Å². The second-order valence-corrected chi connectivity index (χ2v) is 19.0. The first-order valence-electron chi connectivity index (χ1n) is 18.8. The molecule has 0 bridgehead atoms. The van der Waals surface area contributed by atoms with Gasteiger partial charge in [0.2, 0.25) is 5.91 Å². The van der Waals surface area contributed by atoms with Gasteiger partial charge >= 0.3 is 12.0 Å². The zero-order valence-electron chi connectivity index (χ0n) is 33.5. The number of hydrogen-bond acceptors (Lipinski definition) is 14. The van der Waals surface area contributed by atoms with E-state index in [-0.39, 0.29) is 56.0 Å². The molecule has 0 saturated carbocycles. The van der Waals surface area contributed by atoms with Crippen LogP contribution in [-0.4, -0.2) is 156 Å². The third-order valence-electron chi connectivity index (χ3n) is 14.0. The number of thioether (sulfide) groups is 1. The number of aliphatic hydroxyl groups is 6. The predicted octanol–water partition coefficient (Wildman–Crippen LogP) is 0.257. The lowest BCUT2D eigenvalue weighted by atomic mass is 9.54. The summed E-state index contributed by atoms with van der Waals surface area (Å²) >= 11 is 1.80. The van der Waals surface area contributed by atoms with Gasteiger partial charge in [-0.25, -0.2) is 4.79 Å². The van der Waals surface area contributed by atoms with Crippen LogP contribution in [-0.2, 0) is 28.5 Å². The number of urea groups is 1. The summed E-state index contributed by atoms with van der Waals surface area (Å²) in [6.07, 6.45) is 0.956. The number of hydrogen-bond donors (Lipinski definition) is 9. The van der Waals surface area contributed by atoms with Crippen molar-refractivity contribution >= 4 is 29.7 Å². The van der Waals surface area contributed by atoms with Gasteiger partial charge in [-0.15, -0.1) is 0 Å². The third-order valence-corrected chi connectivity index (χ3v) is 15.5. The number of carbonyl (C=O) groups excluding carboxylic acids is 3. The molecule has 0 radical (unpaired) electrons. The van der Waals surface area contributed by atoms with E-state index in [1.807, 2.05) is 0 Å². The van der Waals surface area contributed by atoms with E-state index in [2.05, 4.69) is 16.0 Å². The predicted molar refractivity (Wildman–Crippen MR) is 199 cm³/mol. The fraction of sp³-hybridized carbons (Fsp3) is 0.919. The van der Waals surface area contributed by atoms with E-state index >= 15 is 0 Å². The number of ether oxygens (including phenoxy) is 4. The summed E-state index contributed by atoms with van der Waals surface area (Å²) in [5, 5.41) is 76.3. The monoisotopic (exact) mass is 791 g/mol. The molecule has 16 nitrogen and oxygen atoms in total. The van der Waals surface area contributed by atoms with E-state index in [4.69, 9.17) is 18.9 Å². The molecule has 9 N–H and O–H groups in total. The van der Waals surface area contributed by atoms with Crippen LogP contribution in [0.1, 0.15) is 101 Å². The molecule has 312 valence electrons. The second-order valence-electron chi connectivity index (χ2n) is 17.7. The van der Waals surface area contributed by atoms with Crippen LogP contribution in [0.2, 0.25) is 0 Å². The Bertz CT molecular complexity index is 1420. The summed E-state index contributed by atoms with van der Waals surface area (Å²) in [6, 6.07) is 0.0548. The van der Waals surface area contributed by atoms with Gasteiger partial charge < -0.3 is 65.5 Å². The molecule has 4 aliphatic rings. The lowest BCUT2D eigenvalue weighted by molar-refractivity contribution is -0.407. The van der Waals surface area contributed by atoms with Crippen molar-refractivity contribution in [2.75, 3.05) is 38.8 Å². The maximum Gasteiger partial charge on any atom is 0.315 e. The van der Waals surface area contributed by atoms with Crippen molar-refractivity contribution in [1.29, 1.82) is 0 Å². The third kappa shape index (κ3) is 7.17. The van der Waals surface area contributed by atoms with Gasteiger partial charge in [0, 0.05) is 36.4 Å². The lowest BCUT2D eigenvalue weighted by Crippen LogP contribution is -2.85. The lowest BCUT2D eigenvalue weighted by Gasteiger charge is -2.66. The molecule has 0 aromatic rings. The van der Waals surface area contributed by atoms with Crippen molar-refractivity contribution in [3.05, 3.63) is 0 Å². The standard InChI is InChI=1S/C37H65N3O13S/c1-22(43)40-34(7)29(2,15-16-50-20-33(6)36(9,48)37(10,49)35(8,47)31(4,19-42)53-33)27(45)30(3,18-41)52-32(34,5)21-51-25(44)14-12-11-13-24-26-23(17-54-24)38-28(46)39-26/h23-24,26-27,41-42,45,47-49H,11-21H2,1-10H3,(H,40,43)(H2,38,39,46)/t23-,24?,26-,27-,29+,30?,31?,32-,33-,34?,35-,36?,37+/m0/s1. The maximum absolute atomic E-state index is 13.1. The van der Waals surface area contributed by atoms with E-state index in [1.165, 1.54) is 48.5 Å². The van der Waals surface area contributed by atoms with Crippen LogP contribution in [0.5, 0.6) is 0 Å². The smallest absolute Gasteiger partial charge is 0.315 e. The van der Waals surface area contributed by atoms with Crippen LogP contribution in [0.25, 0.3) is 0 Å². The number of rotatable bonds is 15. The van der Waals surface area contributed by atoms with Gasteiger partial charge in [-0.2, -0.15) is 11.8 Å². The van der Waals surface area contributed by atoms with Crippen molar-refractivity contribution in [2.45, 2.75) is 170 Å². The van der Waals surface area contributed by atoms with Crippen LogP contribution in [0.15, 0.2) is 0 Å². The second kappa shape index (κ2) is 15.2. The summed E-state index contributed by atoms with van der Waals surface area (Å²) < 4.78 is 24.5. The Morgan fingerprint density at radius 1 is 0.870 bits per heavy atom. The average Bonchev–Trinajstić information content (AvgIpc) is 3.64. The number of amides is 3.